The van der Waals surface area contributed by atoms with Gasteiger partial charge in [0.05, 0.1) is 0 Å². The van der Waals surface area contributed by atoms with Crippen LogP contribution in [0.15, 0.2) is 18.2 Å². The molecule has 2 unspecified atom stereocenters. The van der Waals surface area contributed by atoms with E-state index in [1.165, 1.54) is 11.3 Å². The number of nitrogens with two attached hydrogens (primary N) is 1. The lowest BCUT2D eigenvalue weighted by atomic mass is 9.95. The molecule has 0 fully saturated rings. The highest BCUT2D eigenvalue weighted by molar-refractivity contribution is 6.30. The van der Waals surface area contributed by atoms with Gasteiger partial charge >= 0.3 is 0 Å². The van der Waals surface area contributed by atoms with E-state index in [-0.39, 0.29) is 6.04 Å². The molecule has 16 heavy (non-hydrogen) atoms. The summed E-state index contributed by atoms with van der Waals surface area (Å²) in [6.07, 6.45) is 0. The molecule has 1 aliphatic heterocycles. The van der Waals surface area contributed by atoms with Gasteiger partial charge < -0.3 is 10.6 Å². The lowest BCUT2D eigenvalue weighted by molar-refractivity contribution is 0.565. The van der Waals surface area contributed by atoms with Gasteiger partial charge in [0.15, 0.2) is 0 Å². The Morgan fingerprint density at radius 1 is 1.38 bits per heavy atom. The number of rotatable bonds is 2. The molecule has 0 amide bonds. The number of hydrogen-bond acceptors (Lipinski definition) is 2. The minimum absolute atomic E-state index is 0.168. The molecule has 1 aliphatic rings. The lowest BCUT2D eigenvalue weighted by Crippen LogP contribution is -2.33. The fraction of sp³-hybridized carbons (Fsp3) is 0.538. The molecule has 2 nitrogen and oxygen atoms in total. The molecule has 1 heterocycles. The van der Waals surface area contributed by atoms with Gasteiger partial charge in [-0.25, -0.2) is 0 Å². The van der Waals surface area contributed by atoms with Crippen LogP contribution in [-0.2, 0) is 0 Å². The molecule has 0 spiro atoms. The minimum atomic E-state index is 0.168. The van der Waals surface area contributed by atoms with Crippen LogP contribution in [0.4, 0.5) is 5.69 Å². The van der Waals surface area contributed by atoms with Crippen LogP contribution >= 0.6 is 11.6 Å². The van der Waals surface area contributed by atoms with Crippen LogP contribution in [0.5, 0.6) is 0 Å². The number of fused-ring (bicyclic) bond motifs is 1. The second-order valence-electron chi connectivity index (χ2n) is 4.91. The van der Waals surface area contributed by atoms with E-state index in [0.717, 1.165) is 11.6 Å². The zero-order valence-electron chi connectivity index (χ0n) is 10.1. The Balaban J connectivity index is 2.44. The maximum atomic E-state index is 6.06. The zero-order valence-corrected chi connectivity index (χ0v) is 10.8. The number of halogens is 1. The van der Waals surface area contributed by atoms with Crippen molar-refractivity contribution in [1.29, 1.82) is 0 Å². The van der Waals surface area contributed by atoms with E-state index in [2.05, 4.69) is 37.8 Å². The fourth-order valence-corrected chi connectivity index (χ4v) is 2.61. The van der Waals surface area contributed by atoms with E-state index < -0.39 is 0 Å². The van der Waals surface area contributed by atoms with E-state index in [1.807, 2.05) is 6.07 Å². The smallest absolute Gasteiger partial charge is 0.0410 e. The highest BCUT2D eigenvalue weighted by Gasteiger charge is 2.32. The van der Waals surface area contributed by atoms with Crippen molar-refractivity contribution in [1.82, 2.24) is 0 Å². The Morgan fingerprint density at radius 3 is 2.62 bits per heavy atom. The van der Waals surface area contributed by atoms with E-state index in [9.17, 15) is 0 Å². The molecule has 88 valence electrons. The van der Waals surface area contributed by atoms with Gasteiger partial charge in [0.25, 0.3) is 0 Å². The number of benzene rings is 1. The summed E-state index contributed by atoms with van der Waals surface area (Å²) in [6.45, 7) is 7.49. The van der Waals surface area contributed by atoms with Crippen molar-refractivity contribution < 1.29 is 0 Å². The average Bonchev–Trinajstić information content (AvgIpc) is 2.56. The molecule has 0 radical (unpaired) electrons. The minimum Gasteiger partial charge on any atom is -0.368 e. The highest BCUT2D eigenvalue weighted by atomic mass is 35.5. The molecule has 1 aromatic carbocycles. The van der Waals surface area contributed by atoms with Crippen molar-refractivity contribution in [3.63, 3.8) is 0 Å². The van der Waals surface area contributed by atoms with Gasteiger partial charge in [-0.3, -0.25) is 0 Å². The molecule has 0 aliphatic carbocycles. The van der Waals surface area contributed by atoms with Crippen LogP contribution < -0.4 is 10.6 Å². The molecule has 0 saturated carbocycles. The van der Waals surface area contributed by atoms with Crippen LogP contribution in [0.25, 0.3) is 0 Å². The summed E-state index contributed by atoms with van der Waals surface area (Å²) in [5.74, 6) is 0.399. The SMILES string of the molecule is CC(N)C1CN(C(C)C)c2ccc(Cl)cc21. The molecular formula is C13H19ClN2. The molecule has 0 bridgehead atoms. The summed E-state index contributed by atoms with van der Waals surface area (Å²) >= 11 is 6.06. The van der Waals surface area contributed by atoms with Crippen molar-refractivity contribution >= 4 is 17.3 Å². The van der Waals surface area contributed by atoms with Gasteiger partial charge in [-0.1, -0.05) is 11.6 Å². The maximum Gasteiger partial charge on any atom is 0.0410 e. The molecule has 3 heteroatoms. The zero-order chi connectivity index (χ0) is 11.9. The van der Waals surface area contributed by atoms with Crippen molar-refractivity contribution in [2.45, 2.75) is 38.8 Å². The van der Waals surface area contributed by atoms with Crippen molar-refractivity contribution in [2.24, 2.45) is 5.73 Å². The second-order valence-corrected chi connectivity index (χ2v) is 5.35. The molecule has 2 N–H and O–H groups in total. The topological polar surface area (TPSA) is 29.3 Å². The van der Waals surface area contributed by atoms with Crippen molar-refractivity contribution in [2.75, 3.05) is 11.4 Å². The summed E-state index contributed by atoms with van der Waals surface area (Å²) in [5, 5.41) is 0.801. The van der Waals surface area contributed by atoms with E-state index in [1.54, 1.807) is 0 Å². The standard InChI is InChI=1S/C13H19ClN2/c1-8(2)16-7-12(9(3)15)11-6-10(14)4-5-13(11)16/h4-6,8-9,12H,7,15H2,1-3H3. The Kier molecular flexibility index (Phi) is 3.13. The Hall–Kier alpha value is -0.730. The quantitative estimate of drug-likeness (QED) is 0.858. The van der Waals surface area contributed by atoms with Gasteiger partial charge in [0.1, 0.15) is 0 Å². The Bertz CT molecular complexity index is 388. The highest BCUT2D eigenvalue weighted by Crippen LogP contribution is 2.40. The first-order valence-corrected chi connectivity index (χ1v) is 6.20. The molecule has 1 aromatic rings. The second kappa shape index (κ2) is 4.27. The largest absolute Gasteiger partial charge is 0.368 e. The van der Waals surface area contributed by atoms with Crippen molar-refractivity contribution in [3.05, 3.63) is 28.8 Å². The van der Waals surface area contributed by atoms with Gasteiger partial charge in [-0.2, -0.15) is 0 Å². The molecular weight excluding hydrogens is 220 g/mol. The van der Waals surface area contributed by atoms with Gasteiger partial charge in [-0.05, 0) is 44.5 Å². The number of anilines is 1. The monoisotopic (exact) mass is 238 g/mol. The van der Waals surface area contributed by atoms with Gasteiger partial charge in [0, 0.05) is 35.3 Å². The normalized spacial score (nSPS) is 21.4. The first-order valence-electron chi connectivity index (χ1n) is 5.82. The van der Waals surface area contributed by atoms with Crippen LogP contribution in [0.2, 0.25) is 5.02 Å². The molecule has 2 atom stereocenters. The Labute approximate surface area is 102 Å². The van der Waals surface area contributed by atoms with E-state index >= 15 is 0 Å². The van der Waals surface area contributed by atoms with Crippen LogP contribution in [0.1, 0.15) is 32.3 Å². The summed E-state index contributed by atoms with van der Waals surface area (Å²) in [5.41, 5.74) is 8.65. The Morgan fingerprint density at radius 2 is 2.06 bits per heavy atom. The van der Waals surface area contributed by atoms with Gasteiger partial charge in [0.2, 0.25) is 0 Å². The number of hydrogen-bond donors (Lipinski definition) is 1. The first kappa shape index (κ1) is 11.7. The summed E-state index contributed by atoms with van der Waals surface area (Å²) in [7, 11) is 0. The van der Waals surface area contributed by atoms with E-state index in [0.29, 0.717) is 12.0 Å². The summed E-state index contributed by atoms with van der Waals surface area (Å²) < 4.78 is 0. The first-order chi connectivity index (χ1) is 7.50. The van der Waals surface area contributed by atoms with Crippen LogP contribution in [-0.4, -0.2) is 18.6 Å². The van der Waals surface area contributed by atoms with Crippen LogP contribution in [0.3, 0.4) is 0 Å². The van der Waals surface area contributed by atoms with Gasteiger partial charge in [-0.15, -0.1) is 0 Å². The summed E-state index contributed by atoms with van der Waals surface area (Å²) in [4.78, 5) is 2.40. The lowest BCUT2D eigenvalue weighted by Gasteiger charge is -2.25. The molecule has 0 aromatic heterocycles. The third kappa shape index (κ3) is 1.92. The summed E-state index contributed by atoms with van der Waals surface area (Å²) in [6, 6.07) is 6.80. The fourth-order valence-electron chi connectivity index (χ4n) is 2.43. The van der Waals surface area contributed by atoms with Crippen LogP contribution in [0, 0.1) is 0 Å². The average molecular weight is 239 g/mol. The molecule has 2 rings (SSSR count). The predicted octanol–water partition coefficient (Wildman–Crippen LogP) is 3.00. The predicted molar refractivity (Wildman–Crippen MR) is 70.3 cm³/mol. The van der Waals surface area contributed by atoms with E-state index in [4.69, 9.17) is 17.3 Å². The third-order valence-corrected chi connectivity index (χ3v) is 3.58. The number of nitrogens with zero attached hydrogens (tertiary/aromatic N) is 1. The maximum absolute atomic E-state index is 6.06. The third-order valence-electron chi connectivity index (χ3n) is 3.35. The molecule has 0 saturated heterocycles. The van der Waals surface area contributed by atoms with Crippen molar-refractivity contribution in [3.8, 4) is 0 Å².